The summed E-state index contributed by atoms with van der Waals surface area (Å²) in [4.78, 5) is 41.3. The summed E-state index contributed by atoms with van der Waals surface area (Å²) in [6, 6.07) is 10.7. The fourth-order valence-electron chi connectivity index (χ4n) is 2.52. The van der Waals surface area contributed by atoms with Crippen LogP contribution in [-0.4, -0.2) is 40.7 Å². The first-order chi connectivity index (χ1) is 11.6. The number of fused-ring (bicyclic) bond motifs is 1. The van der Waals surface area contributed by atoms with Gasteiger partial charge < -0.3 is 5.32 Å². The number of hydrogen-bond donors (Lipinski definition) is 1. The first-order valence-electron chi connectivity index (χ1n) is 7.38. The molecule has 24 heavy (non-hydrogen) atoms. The SMILES string of the molecule is O=C(Cc1cccc(Br)c1)NCCN1C(=O)c2cccnc2C1=O. The molecule has 122 valence electrons. The molecule has 3 rings (SSSR count). The standard InChI is InChI=1S/C17H14BrN3O3/c18-12-4-1-3-11(9-12)10-14(22)19-7-8-21-16(23)13-5-2-6-20-15(13)17(21)24/h1-6,9H,7-8,10H2,(H,19,22). The minimum atomic E-state index is -0.420. The highest BCUT2D eigenvalue weighted by molar-refractivity contribution is 9.10. The maximum atomic E-state index is 12.2. The molecule has 0 unspecified atom stereocenters. The Labute approximate surface area is 147 Å². The number of amides is 3. The monoisotopic (exact) mass is 387 g/mol. The highest BCUT2D eigenvalue weighted by Crippen LogP contribution is 2.19. The zero-order valence-corrected chi connectivity index (χ0v) is 14.2. The van der Waals surface area contributed by atoms with Crippen molar-refractivity contribution in [2.45, 2.75) is 6.42 Å². The molecule has 3 amide bonds. The van der Waals surface area contributed by atoms with E-state index in [0.29, 0.717) is 5.56 Å². The molecule has 1 aliphatic rings. The van der Waals surface area contributed by atoms with Gasteiger partial charge >= 0.3 is 0 Å². The van der Waals surface area contributed by atoms with E-state index < -0.39 is 5.91 Å². The van der Waals surface area contributed by atoms with Gasteiger partial charge in [0.15, 0.2) is 0 Å². The van der Waals surface area contributed by atoms with E-state index in [9.17, 15) is 14.4 Å². The van der Waals surface area contributed by atoms with Crippen molar-refractivity contribution in [3.05, 3.63) is 63.9 Å². The topological polar surface area (TPSA) is 79.4 Å². The molecule has 6 nitrogen and oxygen atoms in total. The lowest BCUT2D eigenvalue weighted by Gasteiger charge is -2.14. The average molecular weight is 388 g/mol. The van der Waals surface area contributed by atoms with E-state index in [2.05, 4.69) is 26.2 Å². The predicted octanol–water partition coefficient (Wildman–Crippen LogP) is 1.80. The quantitative estimate of drug-likeness (QED) is 0.793. The van der Waals surface area contributed by atoms with Crippen molar-refractivity contribution in [3.63, 3.8) is 0 Å². The Balaban J connectivity index is 1.53. The Morgan fingerprint density at radius 2 is 2.00 bits per heavy atom. The molecule has 0 saturated carbocycles. The number of aromatic nitrogens is 1. The van der Waals surface area contributed by atoms with Crippen molar-refractivity contribution in [2.24, 2.45) is 0 Å². The molecule has 0 atom stereocenters. The van der Waals surface area contributed by atoms with Gasteiger partial charge in [0, 0.05) is 23.8 Å². The summed E-state index contributed by atoms with van der Waals surface area (Å²) in [6.45, 7) is 0.330. The lowest BCUT2D eigenvalue weighted by atomic mass is 10.1. The fraction of sp³-hybridized carbons (Fsp3) is 0.176. The third-order valence-corrected chi connectivity index (χ3v) is 4.14. The third-order valence-electron chi connectivity index (χ3n) is 3.64. The lowest BCUT2D eigenvalue weighted by molar-refractivity contribution is -0.120. The highest BCUT2D eigenvalue weighted by Gasteiger charge is 2.36. The Kier molecular flexibility index (Phi) is 4.71. The number of pyridine rings is 1. The number of imide groups is 1. The molecular weight excluding hydrogens is 374 g/mol. The van der Waals surface area contributed by atoms with Gasteiger partial charge in [-0.2, -0.15) is 0 Å². The van der Waals surface area contributed by atoms with Crippen LogP contribution < -0.4 is 5.32 Å². The van der Waals surface area contributed by atoms with Crippen LogP contribution in [0.2, 0.25) is 0 Å². The molecule has 2 heterocycles. The average Bonchev–Trinajstić information content (AvgIpc) is 2.80. The fourth-order valence-corrected chi connectivity index (χ4v) is 2.97. The smallest absolute Gasteiger partial charge is 0.280 e. The largest absolute Gasteiger partial charge is 0.354 e. The van der Waals surface area contributed by atoms with Gasteiger partial charge in [-0.05, 0) is 29.8 Å². The van der Waals surface area contributed by atoms with Gasteiger partial charge in [-0.25, -0.2) is 0 Å². The van der Waals surface area contributed by atoms with Crippen LogP contribution in [0.3, 0.4) is 0 Å². The Morgan fingerprint density at radius 3 is 2.75 bits per heavy atom. The van der Waals surface area contributed by atoms with Crippen LogP contribution in [0.15, 0.2) is 47.1 Å². The predicted molar refractivity (Wildman–Crippen MR) is 90.5 cm³/mol. The lowest BCUT2D eigenvalue weighted by Crippen LogP contribution is -2.38. The van der Waals surface area contributed by atoms with Crippen molar-refractivity contribution in [1.82, 2.24) is 15.2 Å². The van der Waals surface area contributed by atoms with Gasteiger partial charge in [0.1, 0.15) is 5.69 Å². The second-order valence-corrected chi connectivity index (χ2v) is 6.23. The Bertz CT molecular complexity index is 787. The van der Waals surface area contributed by atoms with Crippen LogP contribution in [0.5, 0.6) is 0 Å². The molecule has 1 aromatic carbocycles. The summed E-state index contributed by atoms with van der Waals surface area (Å²) in [6.07, 6.45) is 1.72. The van der Waals surface area contributed by atoms with Crippen LogP contribution in [0, 0.1) is 0 Å². The number of rotatable bonds is 5. The van der Waals surface area contributed by atoms with Crippen LogP contribution in [-0.2, 0) is 11.2 Å². The van der Waals surface area contributed by atoms with Crippen LogP contribution >= 0.6 is 15.9 Å². The van der Waals surface area contributed by atoms with Crippen molar-refractivity contribution in [1.29, 1.82) is 0 Å². The maximum absolute atomic E-state index is 12.2. The molecule has 1 aliphatic heterocycles. The summed E-state index contributed by atoms with van der Waals surface area (Å²) in [5, 5.41) is 2.72. The van der Waals surface area contributed by atoms with Gasteiger partial charge in [-0.3, -0.25) is 24.3 Å². The van der Waals surface area contributed by atoms with Gasteiger partial charge in [0.25, 0.3) is 11.8 Å². The van der Waals surface area contributed by atoms with E-state index in [1.807, 2.05) is 24.3 Å². The second-order valence-electron chi connectivity index (χ2n) is 5.32. The number of hydrogen-bond acceptors (Lipinski definition) is 4. The van der Waals surface area contributed by atoms with Crippen LogP contribution in [0.1, 0.15) is 26.4 Å². The van der Waals surface area contributed by atoms with E-state index in [4.69, 9.17) is 0 Å². The molecule has 0 spiro atoms. The number of nitrogens with zero attached hydrogens (tertiary/aromatic N) is 2. The zero-order valence-electron chi connectivity index (χ0n) is 12.7. The minimum absolute atomic E-state index is 0.123. The van der Waals surface area contributed by atoms with Crippen molar-refractivity contribution in [2.75, 3.05) is 13.1 Å². The van der Waals surface area contributed by atoms with Crippen LogP contribution in [0.4, 0.5) is 0 Å². The van der Waals surface area contributed by atoms with E-state index in [1.165, 1.54) is 6.20 Å². The highest BCUT2D eigenvalue weighted by atomic mass is 79.9. The minimum Gasteiger partial charge on any atom is -0.354 e. The van der Waals surface area contributed by atoms with Crippen molar-refractivity contribution >= 4 is 33.7 Å². The molecule has 1 N–H and O–H groups in total. The Hall–Kier alpha value is -2.54. The van der Waals surface area contributed by atoms with Gasteiger partial charge in [-0.15, -0.1) is 0 Å². The normalized spacial score (nSPS) is 13.1. The summed E-state index contributed by atoms with van der Waals surface area (Å²) in [5.41, 5.74) is 1.36. The van der Waals surface area contributed by atoms with E-state index in [1.54, 1.807) is 12.1 Å². The zero-order chi connectivity index (χ0) is 17.1. The molecule has 2 aromatic rings. The second kappa shape index (κ2) is 6.92. The molecule has 0 radical (unpaired) electrons. The molecule has 0 fully saturated rings. The number of halogens is 1. The number of carbonyl (C=O) groups is 3. The number of carbonyl (C=O) groups excluding carboxylic acids is 3. The third kappa shape index (κ3) is 3.35. The van der Waals surface area contributed by atoms with Gasteiger partial charge in [0.2, 0.25) is 5.91 Å². The first-order valence-corrected chi connectivity index (χ1v) is 8.18. The number of nitrogens with one attached hydrogen (secondary N) is 1. The molecule has 1 aromatic heterocycles. The van der Waals surface area contributed by atoms with E-state index >= 15 is 0 Å². The molecule has 0 saturated heterocycles. The first kappa shape index (κ1) is 16.3. The van der Waals surface area contributed by atoms with E-state index in [-0.39, 0.29) is 37.0 Å². The summed E-state index contributed by atoms with van der Waals surface area (Å²) < 4.78 is 0.909. The number of benzene rings is 1. The maximum Gasteiger partial charge on any atom is 0.280 e. The van der Waals surface area contributed by atoms with Crippen molar-refractivity contribution < 1.29 is 14.4 Å². The van der Waals surface area contributed by atoms with Gasteiger partial charge in [0.05, 0.1) is 12.0 Å². The molecular formula is C17H14BrN3O3. The molecule has 7 heteroatoms. The van der Waals surface area contributed by atoms with Crippen LogP contribution in [0.25, 0.3) is 0 Å². The molecule has 0 bridgehead atoms. The Morgan fingerprint density at radius 1 is 1.17 bits per heavy atom. The van der Waals surface area contributed by atoms with Gasteiger partial charge in [-0.1, -0.05) is 28.1 Å². The summed E-state index contributed by atoms with van der Waals surface area (Å²) in [7, 11) is 0. The van der Waals surface area contributed by atoms with E-state index in [0.717, 1.165) is 14.9 Å². The summed E-state index contributed by atoms with van der Waals surface area (Å²) >= 11 is 3.36. The van der Waals surface area contributed by atoms with Crippen molar-refractivity contribution in [3.8, 4) is 0 Å². The summed E-state index contributed by atoms with van der Waals surface area (Å²) in [5.74, 6) is -0.955. The molecule has 0 aliphatic carbocycles.